The summed E-state index contributed by atoms with van der Waals surface area (Å²) in [5, 5.41) is 5.95. The van der Waals surface area contributed by atoms with E-state index in [1.165, 1.54) is 0 Å². The Morgan fingerprint density at radius 1 is 1.48 bits per heavy atom. The number of nitrogens with zero attached hydrogens (tertiary/aromatic N) is 1. The smallest absolute Gasteiger partial charge is 0.234 e. The Morgan fingerprint density at radius 3 is 3.00 bits per heavy atom. The van der Waals surface area contributed by atoms with E-state index >= 15 is 0 Å². The highest BCUT2D eigenvalue weighted by atomic mass is 35.5. The molecule has 6 heteroatoms. The fourth-order valence-electron chi connectivity index (χ4n) is 2.58. The number of benzene rings is 1. The number of piperidine rings is 1. The molecule has 1 unspecified atom stereocenters. The van der Waals surface area contributed by atoms with Crippen molar-refractivity contribution in [1.82, 2.24) is 10.6 Å². The lowest BCUT2D eigenvalue weighted by atomic mass is 10.0. The van der Waals surface area contributed by atoms with Gasteiger partial charge >= 0.3 is 0 Å². The zero-order valence-corrected chi connectivity index (χ0v) is 13.4. The zero-order chi connectivity index (χ0) is 14.4. The first-order valence-electron chi connectivity index (χ1n) is 7.06. The van der Waals surface area contributed by atoms with Gasteiger partial charge in [-0.1, -0.05) is 6.07 Å². The third-order valence-electron chi connectivity index (χ3n) is 3.54. The molecular formula is C15H24ClN3O2. The molecule has 1 saturated heterocycles. The number of anilines is 1. The summed E-state index contributed by atoms with van der Waals surface area (Å²) in [6, 6.07) is 8.28. The maximum Gasteiger partial charge on any atom is 0.234 e. The second kappa shape index (κ2) is 8.74. The van der Waals surface area contributed by atoms with Crippen LogP contribution in [0, 0.1) is 0 Å². The van der Waals surface area contributed by atoms with Crippen molar-refractivity contribution in [3.63, 3.8) is 0 Å². The van der Waals surface area contributed by atoms with Gasteiger partial charge < -0.3 is 20.3 Å². The van der Waals surface area contributed by atoms with Crippen LogP contribution in [-0.4, -0.2) is 45.7 Å². The highest BCUT2D eigenvalue weighted by Crippen LogP contribution is 2.24. The van der Waals surface area contributed by atoms with E-state index in [2.05, 4.69) is 21.6 Å². The quantitative estimate of drug-likeness (QED) is 0.863. The number of ether oxygens (including phenoxy) is 1. The van der Waals surface area contributed by atoms with Gasteiger partial charge in [-0.3, -0.25) is 4.79 Å². The van der Waals surface area contributed by atoms with Gasteiger partial charge in [-0.25, -0.2) is 0 Å². The summed E-state index contributed by atoms with van der Waals surface area (Å²) in [6.45, 7) is 2.24. The van der Waals surface area contributed by atoms with Gasteiger partial charge in [0.05, 0.1) is 13.7 Å². The fraction of sp³-hybridized carbons (Fsp3) is 0.533. The number of hydrogen-bond acceptors (Lipinski definition) is 4. The molecule has 0 bridgehead atoms. The van der Waals surface area contributed by atoms with Crippen LogP contribution in [0.3, 0.4) is 0 Å². The number of methoxy groups -OCH3 is 1. The van der Waals surface area contributed by atoms with Gasteiger partial charge in [0.1, 0.15) is 5.75 Å². The molecule has 1 heterocycles. The SMILES string of the molecule is CNCC(=O)NC1CCCN(c2cccc(OC)c2)C1.Cl. The molecule has 2 N–H and O–H groups in total. The Balaban J connectivity index is 0.00000220. The Labute approximate surface area is 132 Å². The van der Waals surface area contributed by atoms with Crippen LogP contribution < -0.4 is 20.3 Å². The van der Waals surface area contributed by atoms with Crippen LogP contribution in [-0.2, 0) is 4.79 Å². The molecule has 1 aliphatic heterocycles. The van der Waals surface area contributed by atoms with Crippen molar-refractivity contribution in [2.75, 3.05) is 38.7 Å². The Hall–Kier alpha value is -1.46. The summed E-state index contributed by atoms with van der Waals surface area (Å²) in [5.41, 5.74) is 1.15. The van der Waals surface area contributed by atoms with Gasteiger partial charge in [0.25, 0.3) is 0 Å². The summed E-state index contributed by atoms with van der Waals surface area (Å²) < 4.78 is 5.26. The largest absolute Gasteiger partial charge is 0.497 e. The van der Waals surface area contributed by atoms with Crippen LogP contribution in [0.25, 0.3) is 0 Å². The maximum absolute atomic E-state index is 11.6. The highest BCUT2D eigenvalue weighted by Gasteiger charge is 2.21. The Bertz CT molecular complexity index is 456. The Kier molecular flexibility index (Phi) is 7.32. The number of rotatable bonds is 5. The summed E-state index contributed by atoms with van der Waals surface area (Å²) in [5.74, 6) is 0.925. The fourth-order valence-corrected chi connectivity index (χ4v) is 2.58. The molecule has 1 amide bonds. The summed E-state index contributed by atoms with van der Waals surface area (Å²) in [4.78, 5) is 13.9. The van der Waals surface area contributed by atoms with Gasteiger partial charge in [-0.2, -0.15) is 0 Å². The van der Waals surface area contributed by atoms with Crippen LogP contribution in [0.1, 0.15) is 12.8 Å². The summed E-state index contributed by atoms with van der Waals surface area (Å²) in [6.07, 6.45) is 2.12. The molecule has 118 valence electrons. The predicted octanol–water partition coefficient (Wildman–Crippen LogP) is 1.42. The van der Waals surface area contributed by atoms with Gasteiger partial charge in [0, 0.05) is 30.9 Å². The van der Waals surface area contributed by atoms with Crippen molar-refractivity contribution in [3.8, 4) is 5.75 Å². The minimum Gasteiger partial charge on any atom is -0.497 e. The molecule has 0 aliphatic carbocycles. The molecule has 1 aromatic rings. The van der Waals surface area contributed by atoms with E-state index in [0.717, 1.165) is 37.4 Å². The second-order valence-corrected chi connectivity index (χ2v) is 5.08. The average Bonchev–Trinajstić information content (AvgIpc) is 2.48. The number of amides is 1. The third-order valence-corrected chi connectivity index (χ3v) is 3.54. The number of carbonyl (C=O) groups excluding carboxylic acids is 1. The lowest BCUT2D eigenvalue weighted by Crippen LogP contribution is -2.49. The van der Waals surface area contributed by atoms with Crippen LogP contribution in [0.15, 0.2) is 24.3 Å². The van der Waals surface area contributed by atoms with Gasteiger partial charge in [0.2, 0.25) is 5.91 Å². The minimum absolute atomic E-state index is 0. The molecule has 0 aromatic heterocycles. The number of nitrogens with one attached hydrogen (secondary N) is 2. The van der Waals surface area contributed by atoms with E-state index in [1.807, 2.05) is 18.2 Å². The Morgan fingerprint density at radius 2 is 2.29 bits per heavy atom. The van der Waals surface area contributed by atoms with Gasteiger partial charge in [0.15, 0.2) is 0 Å². The number of halogens is 1. The molecular weight excluding hydrogens is 290 g/mol. The summed E-state index contributed by atoms with van der Waals surface area (Å²) in [7, 11) is 3.46. The first-order chi connectivity index (χ1) is 9.72. The number of likely N-dealkylation sites (N-methyl/N-ethyl adjacent to an activating group) is 1. The van der Waals surface area contributed by atoms with Crippen LogP contribution >= 0.6 is 12.4 Å². The normalized spacial score (nSPS) is 17.8. The average molecular weight is 314 g/mol. The molecule has 0 saturated carbocycles. The van der Waals surface area contributed by atoms with Crippen molar-refractivity contribution < 1.29 is 9.53 Å². The molecule has 1 aromatic carbocycles. The first-order valence-corrected chi connectivity index (χ1v) is 7.06. The van der Waals surface area contributed by atoms with Gasteiger partial charge in [-0.05, 0) is 32.0 Å². The molecule has 0 spiro atoms. The number of carbonyl (C=O) groups is 1. The van der Waals surface area contributed by atoms with Crippen molar-refractivity contribution >= 4 is 24.0 Å². The maximum atomic E-state index is 11.6. The van der Waals surface area contributed by atoms with Crippen LogP contribution in [0.4, 0.5) is 5.69 Å². The van der Waals surface area contributed by atoms with Crippen LogP contribution in [0.5, 0.6) is 5.75 Å². The van der Waals surface area contributed by atoms with Crippen molar-refractivity contribution in [2.24, 2.45) is 0 Å². The third kappa shape index (κ3) is 5.10. The van der Waals surface area contributed by atoms with E-state index in [-0.39, 0.29) is 24.4 Å². The number of hydrogen-bond donors (Lipinski definition) is 2. The molecule has 5 nitrogen and oxygen atoms in total. The lowest BCUT2D eigenvalue weighted by molar-refractivity contribution is -0.120. The molecule has 2 rings (SSSR count). The van der Waals surface area contributed by atoms with Gasteiger partial charge in [-0.15, -0.1) is 12.4 Å². The lowest BCUT2D eigenvalue weighted by Gasteiger charge is -2.35. The standard InChI is InChI=1S/C15H23N3O2.ClH/c1-16-10-15(19)17-12-5-4-8-18(11-12)13-6-3-7-14(9-13)20-2;/h3,6-7,9,12,16H,4-5,8,10-11H2,1-2H3,(H,17,19);1H. The van der Waals surface area contributed by atoms with E-state index in [0.29, 0.717) is 6.54 Å². The molecule has 0 radical (unpaired) electrons. The summed E-state index contributed by atoms with van der Waals surface area (Å²) >= 11 is 0. The van der Waals surface area contributed by atoms with Crippen LogP contribution in [0.2, 0.25) is 0 Å². The predicted molar refractivity (Wildman–Crippen MR) is 87.5 cm³/mol. The van der Waals surface area contributed by atoms with E-state index in [1.54, 1.807) is 14.2 Å². The molecule has 21 heavy (non-hydrogen) atoms. The minimum atomic E-state index is 0. The first kappa shape index (κ1) is 17.6. The second-order valence-electron chi connectivity index (χ2n) is 5.08. The van der Waals surface area contributed by atoms with E-state index in [4.69, 9.17) is 4.74 Å². The molecule has 1 atom stereocenters. The topological polar surface area (TPSA) is 53.6 Å². The molecule has 1 fully saturated rings. The monoisotopic (exact) mass is 313 g/mol. The van der Waals surface area contributed by atoms with Crippen molar-refractivity contribution in [1.29, 1.82) is 0 Å². The molecule has 1 aliphatic rings. The zero-order valence-electron chi connectivity index (χ0n) is 12.6. The van der Waals surface area contributed by atoms with Crippen molar-refractivity contribution in [3.05, 3.63) is 24.3 Å². The van der Waals surface area contributed by atoms with E-state index in [9.17, 15) is 4.79 Å². The highest BCUT2D eigenvalue weighted by molar-refractivity contribution is 5.85. The van der Waals surface area contributed by atoms with E-state index < -0.39 is 0 Å². The van der Waals surface area contributed by atoms with Crippen molar-refractivity contribution in [2.45, 2.75) is 18.9 Å².